The van der Waals surface area contributed by atoms with E-state index in [-0.39, 0.29) is 0 Å². The first-order chi connectivity index (χ1) is 10.5. The van der Waals surface area contributed by atoms with Gasteiger partial charge in [-0.3, -0.25) is 9.59 Å². The molecule has 0 aliphatic heterocycles. The van der Waals surface area contributed by atoms with Gasteiger partial charge in [-0.05, 0) is 37.6 Å². The number of hydrogen-bond acceptors (Lipinski definition) is 3. The monoisotopic (exact) mass is 307 g/mol. The van der Waals surface area contributed by atoms with Gasteiger partial charge in [0.1, 0.15) is 11.8 Å². The Kier molecular flexibility index (Phi) is 8.04. The number of unbranched alkanes of at least 4 members (excludes halogenated alkanes) is 4. The van der Waals surface area contributed by atoms with Crippen molar-refractivity contribution in [3.63, 3.8) is 0 Å². The normalized spacial score (nSPS) is 11.7. The van der Waals surface area contributed by atoms with Crippen LogP contribution in [0.1, 0.15) is 56.3 Å². The second kappa shape index (κ2) is 9.82. The molecule has 0 fully saturated rings. The summed E-state index contributed by atoms with van der Waals surface area (Å²) < 4.78 is 5.61. The topological polar surface area (TPSA) is 75.6 Å². The van der Waals surface area contributed by atoms with Crippen LogP contribution in [0.4, 0.5) is 0 Å². The summed E-state index contributed by atoms with van der Waals surface area (Å²) in [6.07, 6.45) is 5.92. The Bertz CT molecular complexity index is 470. The van der Waals surface area contributed by atoms with Gasteiger partial charge in [0.15, 0.2) is 0 Å². The van der Waals surface area contributed by atoms with Crippen molar-refractivity contribution in [3.05, 3.63) is 29.8 Å². The van der Waals surface area contributed by atoms with E-state index in [0.29, 0.717) is 12.2 Å². The standard InChI is InChI=1S/C17H25NO4/c1-3-4-5-6-7-12-22-15-10-8-14(9-11-15)16(19)18-13(2)17(20)21/h8-11,13H,3-7,12H2,1-2H3,(H,18,19)(H,20,21). The van der Waals surface area contributed by atoms with Gasteiger partial charge in [0.05, 0.1) is 6.61 Å². The molecule has 5 nitrogen and oxygen atoms in total. The second-order valence-corrected chi connectivity index (χ2v) is 5.32. The van der Waals surface area contributed by atoms with Gasteiger partial charge in [-0.2, -0.15) is 0 Å². The summed E-state index contributed by atoms with van der Waals surface area (Å²) >= 11 is 0. The van der Waals surface area contributed by atoms with Gasteiger partial charge in [-0.25, -0.2) is 0 Å². The number of ether oxygens (including phenoxy) is 1. The number of rotatable bonds is 10. The predicted octanol–water partition coefficient (Wildman–Crippen LogP) is 3.24. The van der Waals surface area contributed by atoms with Crippen molar-refractivity contribution in [2.45, 2.75) is 52.0 Å². The minimum absolute atomic E-state index is 0.402. The summed E-state index contributed by atoms with van der Waals surface area (Å²) in [7, 11) is 0. The fourth-order valence-corrected chi connectivity index (χ4v) is 1.94. The molecule has 1 amide bonds. The molecule has 0 aliphatic carbocycles. The molecule has 2 N–H and O–H groups in total. The quantitative estimate of drug-likeness (QED) is 0.651. The molecule has 1 unspecified atom stereocenters. The molecule has 0 spiro atoms. The van der Waals surface area contributed by atoms with Crippen molar-refractivity contribution >= 4 is 11.9 Å². The van der Waals surface area contributed by atoms with Gasteiger partial charge in [0.25, 0.3) is 5.91 Å². The molecule has 1 aromatic carbocycles. The third kappa shape index (κ3) is 6.61. The SMILES string of the molecule is CCCCCCCOc1ccc(C(=O)NC(C)C(=O)O)cc1. The first-order valence-electron chi connectivity index (χ1n) is 7.81. The Labute approximate surface area is 131 Å². The summed E-state index contributed by atoms with van der Waals surface area (Å²) in [4.78, 5) is 22.5. The molecule has 1 aromatic rings. The van der Waals surface area contributed by atoms with E-state index in [9.17, 15) is 9.59 Å². The lowest BCUT2D eigenvalue weighted by Crippen LogP contribution is -2.38. The number of carboxylic acids is 1. The van der Waals surface area contributed by atoms with Crippen molar-refractivity contribution in [3.8, 4) is 5.75 Å². The second-order valence-electron chi connectivity index (χ2n) is 5.32. The molecule has 0 saturated heterocycles. The van der Waals surface area contributed by atoms with Crippen molar-refractivity contribution in [1.29, 1.82) is 0 Å². The molecule has 1 rings (SSSR count). The van der Waals surface area contributed by atoms with Gasteiger partial charge in [-0.15, -0.1) is 0 Å². The van der Waals surface area contributed by atoms with Crippen molar-refractivity contribution in [2.75, 3.05) is 6.61 Å². The summed E-state index contributed by atoms with van der Waals surface area (Å²) in [5.74, 6) is -0.740. The number of hydrogen-bond donors (Lipinski definition) is 2. The smallest absolute Gasteiger partial charge is 0.325 e. The average Bonchev–Trinajstić information content (AvgIpc) is 2.51. The van der Waals surface area contributed by atoms with E-state index in [1.54, 1.807) is 24.3 Å². The number of aliphatic carboxylic acids is 1. The molecule has 0 heterocycles. The van der Waals surface area contributed by atoms with Crippen LogP contribution >= 0.6 is 0 Å². The summed E-state index contributed by atoms with van der Waals surface area (Å²) in [5, 5.41) is 11.2. The first-order valence-corrected chi connectivity index (χ1v) is 7.81. The average molecular weight is 307 g/mol. The summed E-state index contributed by atoms with van der Waals surface area (Å²) in [6, 6.07) is 5.82. The van der Waals surface area contributed by atoms with Crippen LogP contribution in [0.5, 0.6) is 5.75 Å². The molecule has 0 aromatic heterocycles. The Hall–Kier alpha value is -2.04. The van der Waals surface area contributed by atoms with Crippen molar-refractivity contribution in [1.82, 2.24) is 5.32 Å². The highest BCUT2D eigenvalue weighted by molar-refractivity contribution is 5.96. The van der Waals surface area contributed by atoms with Crippen LogP contribution in [0, 0.1) is 0 Å². The summed E-state index contributed by atoms with van der Waals surface area (Å²) in [5.41, 5.74) is 0.420. The number of carboxylic acid groups (broad SMARTS) is 1. The molecule has 5 heteroatoms. The van der Waals surface area contributed by atoms with Crippen molar-refractivity contribution < 1.29 is 19.4 Å². The molecule has 0 bridgehead atoms. The number of benzene rings is 1. The number of nitrogens with one attached hydrogen (secondary N) is 1. The number of amides is 1. The molecule has 0 aliphatic rings. The van der Waals surface area contributed by atoms with E-state index >= 15 is 0 Å². The zero-order valence-electron chi connectivity index (χ0n) is 13.3. The highest BCUT2D eigenvalue weighted by Gasteiger charge is 2.15. The fraction of sp³-hybridized carbons (Fsp3) is 0.529. The lowest BCUT2D eigenvalue weighted by Gasteiger charge is -2.10. The lowest BCUT2D eigenvalue weighted by atomic mass is 10.1. The van der Waals surface area contributed by atoms with Gasteiger partial charge in [0.2, 0.25) is 0 Å². The minimum Gasteiger partial charge on any atom is -0.494 e. The molecule has 1 atom stereocenters. The van der Waals surface area contributed by atoms with E-state index < -0.39 is 17.9 Å². The van der Waals surface area contributed by atoms with Crippen LogP contribution in [-0.2, 0) is 4.79 Å². The van der Waals surface area contributed by atoms with E-state index in [1.165, 1.54) is 32.6 Å². The number of carbonyl (C=O) groups excluding carboxylic acids is 1. The minimum atomic E-state index is -1.06. The van der Waals surface area contributed by atoms with Crippen LogP contribution in [0.15, 0.2) is 24.3 Å². The lowest BCUT2D eigenvalue weighted by molar-refractivity contribution is -0.138. The predicted molar refractivity (Wildman–Crippen MR) is 85.3 cm³/mol. The van der Waals surface area contributed by atoms with Crippen LogP contribution in [-0.4, -0.2) is 29.6 Å². The number of carbonyl (C=O) groups is 2. The van der Waals surface area contributed by atoms with Crippen molar-refractivity contribution in [2.24, 2.45) is 0 Å². The Morgan fingerprint density at radius 1 is 1.14 bits per heavy atom. The fourth-order valence-electron chi connectivity index (χ4n) is 1.94. The maximum atomic E-state index is 11.8. The summed E-state index contributed by atoms with van der Waals surface area (Å²) in [6.45, 7) is 4.28. The third-order valence-corrected chi connectivity index (χ3v) is 3.35. The van der Waals surface area contributed by atoms with E-state index in [0.717, 1.165) is 12.2 Å². The van der Waals surface area contributed by atoms with Crippen LogP contribution in [0.3, 0.4) is 0 Å². The molecular weight excluding hydrogens is 282 g/mol. The third-order valence-electron chi connectivity index (χ3n) is 3.35. The zero-order chi connectivity index (χ0) is 16.4. The van der Waals surface area contributed by atoms with Gasteiger partial charge in [0, 0.05) is 5.56 Å². The van der Waals surface area contributed by atoms with Crippen LogP contribution in [0.2, 0.25) is 0 Å². The van der Waals surface area contributed by atoms with Crippen LogP contribution < -0.4 is 10.1 Å². The van der Waals surface area contributed by atoms with Crippen LogP contribution in [0.25, 0.3) is 0 Å². The van der Waals surface area contributed by atoms with Gasteiger partial charge >= 0.3 is 5.97 Å². The molecule has 0 saturated carbocycles. The van der Waals surface area contributed by atoms with E-state index in [4.69, 9.17) is 9.84 Å². The highest BCUT2D eigenvalue weighted by Crippen LogP contribution is 2.13. The van der Waals surface area contributed by atoms with E-state index in [1.807, 2.05) is 0 Å². The maximum Gasteiger partial charge on any atom is 0.325 e. The Balaban J connectivity index is 2.36. The van der Waals surface area contributed by atoms with E-state index in [2.05, 4.69) is 12.2 Å². The molecule has 0 radical (unpaired) electrons. The Morgan fingerprint density at radius 2 is 1.77 bits per heavy atom. The molecule has 122 valence electrons. The zero-order valence-corrected chi connectivity index (χ0v) is 13.3. The Morgan fingerprint density at radius 3 is 2.36 bits per heavy atom. The first kappa shape index (κ1) is 18.0. The highest BCUT2D eigenvalue weighted by atomic mass is 16.5. The largest absolute Gasteiger partial charge is 0.494 e. The maximum absolute atomic E-state index is 11.8. The van der Waals surface area contributed by atoms with Gasteiger partial charge < -0.3 is 15.2 Å². The molecule has 22 heavy (non-hydrogen) atoms. The molecular formula is C17H25NO4. The van der Waals surface area contributed by atoms with Gasteiger partial charge in [-0.1, -0.05) is 32.6 Å².